The van der Waals surface area contributed by atoms with Crippen LogP contribution in [0.2, 0.25) is 0 Å². The number of para-hydroxylation sites is 1. The molecule has 2 heterocycles. The number of hydrogen-bond donors (Lipinski definition) is 5. The van der Waals surface area contributed by atoms with Gasteiger partial charge in [-0.05, 0) is 42.0 Å². The number of phenolic OH excluding ortho intramolecular Hbond substituents is 1. The van der Waals surface area contributed by atoms with Crippen molar-refractivity contribution in [2.75, 3.05) is 5.32 Å². The first kappa shape index (κ1) is 29.5. The van der Waals surface area contributed by atoms with Gasteiger partial charge in [-0.1, -0.05) is 48.5 Å². The van der Waals surface area contributed by atoms with Crippen molar-refractivity contribution < 1.29 is 26.2 Å². The molecule has 0 aliphatic carbocycles. The minimum atomic E-state index is -4.98. The minimum Gasteiger partial charge on any atom is -0.277 e. The molecule has 216 valence electrons. The fourth-order valence-electron chi connectivity index (χ4n) is 4.54. The number of rotatable bonds is 5. The third-order valence-electron chi connectivity index (χ3n) is 6.49. The van der Waals surface area contributed by atoms with Gasteiger partial charge in [0.25, 0.3) is 0 Å². The number of aromatic nitrogens is 3. The summed E-state index contributed by atoms with van der Waals surface area (Å²) in [6, 6.07) is 29.9. The number of hydrogen-bond acceptors (Lipinski definition) is 5. The van der Waals surface area contributed by atoms with E-state index in [1.165, 1.54) is 19.1 Å². The van der Waals surface area contributed by atoms with E-state index in [4.69, 9.17) is 8.19 Å². The molecule has 5 N–H and O–H groups in total. The van der Waals surface area contributed by atoms with Gasteiger partial charge in [0.1, 0.15) is 11.5 Å². The maximum Gasteiger partial charge on any atom is 0.123 e. The molecule has 0 spiro atoms. The second kappa shape index (κ2) is 12.5. The van der Waals surface area contributed by atoms with Gasteiger partial charge in [0.2, 0.25) is 0 Å². The van der Waals surface area contributed by atoms with Crippen LogP contribution in [0, 0.1) is 5.82 Å². The van der Waals surface area contributed by atoms with E-state index in [2.05, 4.69) is 26.6 Å². The summed E-state index contributed by atoms with van der Waals surface area (Å²) in [6.07, 6.45) is 1.81. The molecule has 2 aromatic heterocycles. The monoisotopic (exact) mass is 640 g/mol. The third kappa shape index (κ3) is 6.73. The summed E-state index contributed by atoms with van der Waals surface area (Å²) < 4.78 is 42.0. The Labute approximate surface area is 248 Å². The Bertz CT molecular complexity index is 1950. The van der Waals surface area contributed by atoms with Crippen molar-refractivity contribution in [1.82, 2.24) is 15.2 Å². The number of aromatic amines is 1. The van der Waals surface area contributed by atoms with Crippen LogP contribution in [0.3, 0.4) is 0 Å². The Kier molecular flexibility index (Phi) is 8.54. The standard InChI is InChI=1S/C24H16FN3.C8H10AsNO5/c25-18-12-10-17(11-13-18)24-22(23(27-28-24)16-6-2-1-3-7-16)20-14-15-26-21-9-5-4-8-19(20)21;1-5(11)10-7-4-6(9(13,14)15)2-3-8(7)12/h1-15H,(H,27,28);2-4,12H,1H3,(H,10,11)(H2,13,14,15). The van der Waals surface area contributed by atoms with E-state index in [0.717, 1.165) is 62.7 Å². The van der Waals surface area contributed by atoms with Gasteiger partial charge in [0.15, 0.2) is 0 Å². The fourth-order valence-corrected chi connectivity index (χ4v) is 5.73. The predicted octanol–water partition coefficient (Wildman–Crippen LogP) is 5.01. The van der Waals surface area contributed by atoms with Crippen molar-refractivity contribution in [3.05, 3.63) is 115 Å². The molecule has 43 heavy (non-hydrogen) atoms. The minimum absolute atomic E-state index is 0.00951. The Balaban J connectivity index is 0.000000209. The number of anilines is 1. The maximum atomic E-state index is 13.5. The number of nitrogens with zero attached hydrogens (tertiary/aromatic N) is 2. The first-order chi connectivity index (χ1) is 20.6. The zero-order valence-electron chi connectivity index (χ0n) is 22.8. The number of halogens is 1. The van der Waals surface area contributed by atoms with Crippen molar-refractivity contribution in [1.29, 1.82) is 0 Å². The topological polar surface area (TPSA) is 148 Å². The zero-order chi connectivity index (χ0) is 30.6. The molecule has 0 atom stereocenters. The molecular formula is C32H26AsFN4O5. The van der Waals surface area contributed by atoms with Gasteiger partial charge in [-0.3, -0.25) is 10.1 Å². The van der Waals surface area contributed by atoms with Crippen LogP contribution in [0.15, 0.2) is 109 Å². The van der Waals surface area contributed by atoms with Crippen LogP contribution in [-0.4, -0.2) is 48.6 Å². The van der Waals surface area contributed by atoms with Gasteiger partial charge in [-0.2, -0.15) is 5.10 Å². The molecule has 1 amide bonds. The second-order valence-corrected chi connectivity index (χ2v) is 12.9. The molecule has 0 saturated heterocycles. The average Bonchev–Trinajstić information content (AvgIpc) is 3.43. The second-order valence-electron chi connectivity index (χ2n) is 9.50. The summed E-state index contributed by atoms with van der Waals surface area (Å²) in [4.78, 5) is 15.2. The van der Waals surface area contributed by atoms with E-state index in [0.29, 0.717) is 0 Å². The predicted molar refractivity (Wildman–Crippen MR) is 163 cm³/mol. The van der Waals surface area contributed by atoms with Gasteiger partial charge in [-0.15, -0.1) is 0 Å². The van der Waals surface area contributed by atoms with E-state index >= 15 is 0 Å². The van der Waals surface area contributed by atoms with E-state index in [1.54, 1.807) is 12.1 Å². The number of benzene rings is 4. The zero-order valence-corrected chi connectivity index (χ0v) is 24.6. The smallest absolute Gasteiger partial charge is 0.123 e. The first-order valence-electron chi connectivity index (χ1n) is 13.0. The summed E-state index contributed by atoms with van der Waals surface area (Å²) in [5.41, 5.74) is 6.55. The molecule has 0 aliphatic heterocycles. The molecule has 0 radical (unpaired) electrons. The van der Waals surface area contributed by atoms with Crippen LogP contribution in [0.25, 0.3) is 44.5 Å². The molecular weight excluding hydrogens is 614 g/mol. The van der Waals surface area contributed by atoms with E-state index in [-0.39, 0.29) is 21.6 Å². The molecule has 9 nitrogen and oxygen atoms in total. The first-order valence-corrected chi connectivity index (χ1v) is 16.4. The number of amides is 1. The molecule has 11 heteroatoms. The van der Waals surface area contributed by atoms with Crippen LogP contribution in [0.5, 0.6) is 5.75 Å². The van der Waals surface area contributed by atoms with Crippen molar-refractivity contribution >= 4 is 41.0 Å². The molecule has 6 aromatic rings. The number of nitrogens with one attached hydrogen (secondary N) is 2. The molecule has 0 aliphatic rings. The van der Waals surface area contributed by atoms with Crippen molar-refractivity contribution in [2.45, 2.75) is 6.92 Å². The van der Waals surface area contributed by atoms with E-state index in [1.807, 2.05) is 60.8 Å². The normalized spacial score (nSPS) is 11.1. The maximum absolute atomic E-state index is 13.5. The average molecular weight is 641 g/mol. The number of pyridine rings is 1. The molecule has 4 aromatic carbocycles. The number of carbonyl (C=O) groups is 1. The fraction of sp³-hybridized carbons (Fsp3) is 0.0312. The number of carbonyl (C=O) groups excluding carboxylic acids is 1. The number of H-pyrrole nitrogens is 1. The van der Waals surface area contributed by atoms with Crippen LogP contribution in [-0.2, 0) is 8.53 Å². The van der Waals surface area contributed by atoms with Crippen LogP contribution in [0.4, 0.5) is 10.1 Å². The largest absolute Gasteiger partial charge is 0.277 e. The van der Waals surface area contributed by atoms with Gasteiger partial charge < -0.3 is 0 Å². The van der Waals surface area contributed by atoms with Crippen LogP contribution in [0.1, 0.15) is 6.92 Å². The van der Waals surface area contributed by atoms with Crippen molar-refractivity contribution in [3.8, 4) is 39.4 Å². The van der Waals surface area contributed by atoms with Crippen molar-refractivity contribution in [2.24, 2.45) is 0 Å². The Morgan fingerprint density at radius 1 is 0.884 bits per heavy atom. The van der Waals surface area contributed by atoms with Gasteiger partial charge in [-0.25, -0.2) is 4.39 Å². The number of aromatic hydroxyl groups is 1. The molecule has 0 saturated carbocycles. The summed E-state index contributed by atoms with van der Waals surface area (Å²) in [7, 11) is 0. The summed E-state index contributed by atoms with van der Waals surface area (Å²) in [5, 5.41) is 20.4. The molecule has 0 bridgehead atoms. The van der Waals surface area contributed by atoms with Crippen molar-refractivity contribution in [3.63, 3.8) is 0 Å². The Morgan fingerprint density at radius 2 is 1.58 bits per heavy atom. The summed E-state index contributed by atoms with van der Waals surface area (Å²) in [5.74, 6) is -0.930. The Morgan fingerprint density at radius 3 is 2.28 bits per heavy atom. The number of fused-ring (bicyclic) bond motifs is 1. The van der Waals surface area contributed by atoms with Crippen LogP contribution < -0.4 is 9.67 Å². The SMILES string of the molecule is CC(=O)Nc1cc([As](=O)(O)O)ccc1O.Fc1ccc(-c2[nH]nc(-c3ccccc3)c2-c2ccnc3ccccc23)cc1. The molecule has 6 rings (SSSR count). The number of phenols is 1. The van der Waals surface area contributed by atoms with Gasteiger partial charge in [0, 0.05) is 28.3 Å². The van der Waals surface area contributed by atoms with E-state index < -0.39 is 20.1 Å². The van der Waals surface area contributed by atoms with Crippen LogP contribution >= 0.6 is 0 Å². The third-order valence-corrected chi connectivity index (χ3v) is 8.49. The van der Waals surface area contributed by atoms with Gasteiger partial charge in [0.05, 0.1) is 11.2 Å². The van der Waals surface area contributed by atoms with Gasteiger partial charge >= 0.3 is 88.1 Å². The van der Waals surface area contributed by atoms with E-state index in [9.17, 15) is 18.0 Å². The molecule has 0 fully saturated rings. The Hall–Kier alpha value is -5.02. The molecule has 0 unspecified atom stereocenters. The quantitative estimate of drug-likeness (QED) is 0.131. The summed E-state index contributed by atoms with van der Waals surface area (Å²) >= 11 is -4.98. The summed E-state index contributed by atoms with van der Waals surface area (Å²) in [6.45, 7) is 1.23.